The van der Waals surface area contributed by atoms with Gasteiger partial charge in [0.1, 0.15) is 64.7 Å². The molecule has 8 fully saturated rings. The fraction of sp³-hybridized carbons (Fsp3) is 0.480. The number of allylic oxidation sites excluding steroid dienone is 1. The van der Waals surface area contributed by atoms with E-state index in [2.05, 4.69) is 187 Å². The molecule has 4 bridgehead atoms. The molecule has 4 aromatic heterocycles. The molecule has 138 heavy (non-hydrogen) atoms. The average Bonchev–Trinajstić information content (AvgIpc) is 1.60. The van der Waals surface area contributed by atoms with Crippen molar-refractivity contribution in [3.05, 3.63) is 228 Å². The van der Waals surface area contributed by atoms with Gasteiger partial charge >= 0.3 is 0 Å². The molecule has 8 N–H and O–H groups in total. The van der Waals surface area contributed by atoms with E-state index in [1.54, 1.807) is 36.9 Å². The maximum absolute atomic E-state index is 14.0. The molecule has 12 aliphatic rings. The first kappa shape index (κ1) is 98.1. The Bertz CT molecular complexity index is 6010. The second-order valence-corrected chi connectivity index (χ2v) is 40.8. The SMILES string of the molecule is C=C1CNc2ncnc(N3CCN(C(=O)[C@H](CNC(C)C)c4ccc(Cl)cc4)CC3)c2N1C.C=C1C[C@@H](C)c2c(ncnc2N2CC3CCC(C2)N3C(=O)[C@H](CNC2CC2)c2ccc(Cl)cc2)N1.C=C1Nc2ncnc(N3CCN(C(=O)[C@H](CNC(C)C)c4ccc(Cl)cc4)[C@@H]4C[C@@H]43)c2[C@H](C)O1.C=c1nc2c(n(C)c1=O)=C(N1CC3CCC(C1)N3C(=O)[C@H](CNC(C)C)c1ccc(Cl)cc1)N=CN2. The molecular weight excluding hydrogens is 1830 g/mol. The van der Waals surface area contributed by atoms with E-state index in [1.807, 2.05) is 121 Å². The molecule has 20 rings (SSSR count). The Hall–Kier alpha value is -11.5. The van der Waals surface area contributed by atoms with Crippen LogP contribution in [-0.2, 0) is 31.0 Å². The molecule has 6 saturated heterocycles. The van der Waals surface area contributed by atoms with Crippen molar-refractivity contribution in [1.82, 2.24) is 85.2 Å². The van der Waals surface area contributed by atoms with Gasteiger partial charge in [-0.3, -0.25) is 24.0 Å². The number of likely N-dealkylation sites (N-methyl/N-ethyl adjacent to an activating group) is 1. The number of anilines is 8. The number of carbonyl (C=O) groups is 4. The zero-order chi connectivity index (χ0) is 97.2. The number of piperazine rings is 4. The normalized spacial score (nSPS) is 22.3. The zero-order valence-corrected chi connectivity index (χ0v) is 83.4. The molecular formula is C102H128Cl4N26O6. The van der Waals surface area contributed by atoms with Crippen molar-refractivity contribution < 1.29 is 23.9 Å². The van der Waals surface area contributed by atoms with Gasteiger partial charge in [0.25, 0.3) is 5.56 Å². The van der Waals surface area contributed by atoms with Crippen LogP contribution in [0.4, 0.5) is 46.4 Å². The van der Waals surface area contributed by atoms with Crippen LogP contribution in [-0.4, -0.2) is 260 Å². The van der Waals surface area contributed by atoms with Crippen LogP contribution in [0.15, 0.2) is 163 Å². The largest absolute Gasteiger partial charge is 0.471 e. The number of hydrogen-bond donors (Lipinski definition) is 8. The van der Waals surface area contributed by atoms with E-state index in [1.165, 1.54) is 18.4 Å². The average molecular weight is 1960 g/mol. The molecule has 14 heterocycles. The molecule has 8 aromatic rings. The highest BCUT2D eigenvalue weighted by molar-refractivity contribution is 6.31. The van der Waals surface area contributed by atoms with E-state index in [0.29, 0.717) is 146 Å². The van der Waals surface area contributed by atoms with Crippen LogP contribution in [0.1, 0.15) is 176 Å². The molecule has 0 radical (unpaired) electrons. The molecule has 32 nitrogen and oxygen atoms in total. The predicted octanol–water partition coefficient (Wildman–Crippen LogP) is 11.7. The number of ether oxygens (including phenoxy) is 1. The number of nitrogens with zero attached hydrogens (tertiary/aromatic N) is 18. The number of hydrogen-bond acceptors (Lipinski definition) is 27. The van der Waals surface area contributed by atoms with Crippen LogP contribution in [0.25, 0.3) is 12.4 Å². The smallest absolute Gasteiger partial charge is 0.276 e. The Kier molecular flexibility index (Phi) is 30.4. The number of benzene rings is 4. The minimum atomic E-state index is -0.287. The number of rotatable bonds is 24. The lowest BCUT2D eigenvalue weighted by molar-refractivity contribution is -0.138. The minimum Gasteiger partial charge on any atom is -0.471 e. The molecule has 10 aliphatic heterocycles. The van der Waals surface area contributed by atoms with Crippen LogP contribution in [0.3, 0.4) is 0 Å². The van der Waals surface area contributed by atoms with Crippen LogP contribution >= 0.6 is 46.4 Å². The van der Waals surface area contributed by atoms with Crippen LogP contribution in [0, 0.1) is 0 Å². The lowest BCUT2D eigenvalue weighted by Gasteiger charge is -2.44. The number of aliphatic imine (C=N–C) groups is 1. The van der Waals surface area contributed by atoms with Crippen molar-refractivity contribution in [2.75, 3.05) is 146 Å². The molecule has 4 amide bonds. The van der Waals surface area contributed by atoms with Gasteiger partial charge in [0.15, 0.2) is 29.2 Å². The Balaban J connectivity index is 0.000000127. The van der Waals surface area contributed by atoms with Gasteiger partial charge < -0.3 is 95.9 Å². The standard InChI is InChI=1S/C27H33ClN6O.C26H32ClN7O2.C25H31ClN6O2.C24H32ClN7O/c1-16-11-17(2)32-25-24(16)26(31-15-30-25)33-13-21-9-10-22(14-33)34(21)27(35)23(12-29-20-7-8-20)18-3-5-19(28)6-4-18;1-15(2)28-11-21(17-5-7-18(27)8-6-17)26(36)34-19-9-10-20(34)13-33(12-19)24-22-23(29-14-30-24)31-16(3)25(35)32(22)4;1-14(2)27-12-19(17-5-7-18(26)8-6-17)25(33)32-10-9-31(20-11-21(20)32)24-22-15(3)34-16(4)30-23(22)28-13-29-24;1-16(2)26-14-20(18-5-7-19(25)8-6-18)24(33)32-11-9-31(10-12-32)23-21-22(28-15-29-23)27-13-17(3)30(21)4/h3-6,15-16,20-23,29H,2,7-14H2,1H3,(H,30,31,32);5-8,14-15,19-21,28H,3,9-13H2,1-2,4H3,(H,29,30,31);5-8,13-15,19-21,27H,4,9-12H2,1-3H3,(H,28,29,30);5-8,15-16,20,26H,3,9-14H2,1-2,4H3,(H,27,28,29)/t16-,21?,22?,23-;19?,20?,21-;15-,19+,20-,21+;20-/m1101/s1. The number of halogens is 4. The summed E-state index contributed by atoms with van der Waals surface area (Å²) in [5.74, 6) is 7.00. The summed E-state index contributed by atoms with van der Waals surface area (Å²) in [5.41, 5.74) is 8.76. The van der Waals surface area contributed by atoms with Crippen molar-refractivity contribution in [3.8, 4) is 0 Å². The summed E-state index contributed by atoms with van der Waals surface area (Å²) in [6.45, 7) is 42.7. The maximum atomic E-state index is 14.0. The number of fused-ring (bicyclic) bond motifs is 9. The van der Waals surface area contributed by atoms with Crippen LogP contribution in [0.2, 0.25) is 20.1 Å². The summed E-state index contributed by atoms with van der Waals surface area (Å²) in [4.78, 5) is 123. The van der Waals surface area contributed by atoms with E-state index in [-0.39, 0.29) is 107 Å². The van der Waals surface area contributed by atoms with Gasteiger partial charge in [0, 0.05) is 191 Å². The van der Waals surface area contributed by atoms with Gasteiger partial charge in [-0.15, -0.1) is 0 Å². The van der Waals surface area contributed by atoms with Gasteiger partial charge in [-0.25, -0.2) is 39.9 Å². The first-order chi connectivity index (χ1) is 66.4. The summed E-state index contributed by atoms with van der Waals surface area (Å²) >= 11 is 24.4. The quantitative estimate of drug-likeness (QED) is 0.0279. The summed E-state index contributed by atoms with van der Waals surface area (Å²) in [5, 5.41) is 30.3. The predicted molar refractivity (Wildman–Crippen MR) is 548 cm³/mol. The number of amides is 4. The van der Waals surface area contributed by atoms with E-state index in [9.17, 15) is 24.0 Å². The molecule has 2 aliphatic carbocycles. The Morgan fingerprint density at radius 3 is 1.49 bits per heavy atom. The van der Waals surface area contributed by atoms with Crippen LogP contribution < -0.4 is 78.4 Å². The topological polar surface area (TPSA) is 327 Å². The summed E-state index contributed by atoms with van der Waals surface area (Å²) in [6, 6.07) is 33.0. The number of aromatic nitrogens is 8. The van der Waals surface area contributed by atoms with Crippen molar-refractivity contribution in [2.45, 2.75) is 203 Å². The zero-order valence-electron chi connectivity index (χ0n) is 80.4. The van der Waals surface area contributed by atoms with Crippen molar-refractivity contribution in [3.63, 3.8) is 0 Å². The van der Waals surface area contributed by atoms with Crippen molar-refractivity contribution in [2.24, 2.45) is 12.0 Å². The number of carbonyl (C=O) groups excluding carboxylic acids is 4. The Morgan fingerprint density at radius 2 is 0.978 bits per heavy atom. The third kappa shape index (κ3) is 21.8. The second-order valence-electron chi connectivity index (χ2n) is 39.0. The van der Waals surface area contributed by atoms with E-state index in [4.69, 9.17) is 56.1 Å². The Morgan fingerprint density at radius 1 is 0.507 bits per heavy atom. The third-order valence-corrected chi connectivity index (χ3v) is 29.4. The first-order valence-electron chi connectivity index (χ1n) is 48.5. The van der Waals surface area contributed by atoms with Crippen LogP contribution in [0.5, 0.6) is 0 Å². The highest BCUT2D eigenvalue weighted by Gasteiger charge is 2.54. The summed E-state index contributed by atoms with van der Waals surface area (Å²) in [6.07, 6.45) is 14.4. The van der Waals surface area contributed by atoms with Gasteiger partial charge in [0.05, 0.1) is 54.2 Å². The lowest BCUT2D eigenvalue weighted by atomic mass is 9.92. The summed E-state index contributed by atoms with van der Waals surface area (Å²) in [7, 11) is 3.71. The Labute approximate surface area is 827 Å². The van der Waals surface area contributed by atoms with E-state index < -0.39 is 0 Å². The van der Waals surface area contributed by atoms with Gasteiger partial charge in [-0.1, -0.05) is 163 Å². The maximum Gasteiger partial charge on any atom is 0.276 e. The third-order valence-electron chi connectivity index (χ3n) is 28.4. The fourth-order valence-electron chi connectivity index (χ4n) is 20.9. The molecule has 4 unspecified atom stereocenters. The molecule has 36 heteroatoms. The highest BCUT2D eigenvalue weighted by atomic mass is 35.5. The van der Waals surface area contributed by atoms with E-state index in [0.717, 1.165) is 138 Å². The van der Waals surface area contributed by atoms with Gasteiger partial charge in [-0.2, -0.15) is 0 Å². The highest BCUT2D eigenvalue weighted by Crippen LogP contribution is 2.48. The number of nitrogens with one attached hydrogen (secondary N) is 8. The number of likely N-dealkylation sites (tertiary alicyclic amines) is 1. The first-order valence-corrected chi connectivity index (χ1v) is 50.0. The van der Waals surface area contributed by atoms with Gasteiger partial charge in [-0.05, 0) is 142 Å². The molecule has 2 saturated carbocycles. The van der Waals surface area contributed by atoms with Gasteiger partial charge in [0.2, 0.25) is 23.6 Å². The van der Waals surface area contributed by atoms with Crippen molar-refractivity contribution >= 4 is 135 Å². The minimum absolute atomic E-state index is 0.0724. The fourth-order valence-corrected chi connectivity index (χ4v) is 21.4. The summed E-state index contributed by atoms with van der Waals surface area (Å²) < 4.78 is 7.35. The molecule has 0 spiro atoms. The molecule has 730 valence electrons. The molecule has 12 atom stereocenters. The lowest BCUT2D eigenvalue weighted by Crippen LogP contribution is -2.58. The monoisotopic (exact) mass is 1950 g/mol. The van der Waals surface area contributed by atoms with Crippen molar-refractivity contribution in [1.29, 1.82) is 0 Å². The van der Waals surface area contributed by atoms with E-state index >= 15 is 0 Å². The molecule has 4 aromatic carbocycles. The second kappa shape index (κ2) is 42.7.